The maximum Gasteiger partial charge on any atom is 0.240 e. The average Bonchev–Trinajstić information content (AvgIpc) is 3.22. The Kier molecular flexibility index (Phi) is 7.53. The summed E-state index contributed by atoms with van der Waals surface area (Å²) in [6, 6.07) is 23.0. The Bertz CT molecular complexity index is 1470. The highest BCUT2D eigenvalue weighted by Crippen LogP contribution is 2.49. The molecule has 0 spiro atoms. The Morgan fingerprint density at radius 2 is 1.76 bits per heavy atom. The minimum atomic E-state index is -0.385. The maximum absolute atomic E-state index is 13.9. The SMILES string of the molecule is CC(C)NC(=O)CN1C(=O)CS[C@@H](c2ccccc2Cl)c2c(-c3ccccc3)nn(-c3ccc(F)cc3)c21. The number of anilines is 1. The standard InChI is InChI=1S/C29H26ClFN4O2S/c1-18(2)32-24(36)16-34-25(37)17-38-28(22-10-6-7-11-23(22)30)26-27(19-8-4-3-5-9-19)33-35(29(26)34)21-14-12-20(31)13-15-21/h3-15,18,28H,16-17H2,1-2H3,(H,32,36)/t28-/m0/s1. The van der Waals surface area contributed by atoms with Crippen molar-refractivity contribution in [2.24, 2.45) is 0 Å². The second kappa shape index (κ2) is 11.0. The first-order valence-electron chi connectivity index (χ1n) is 12.2. The zero-order valence-electron chi connectivity index (χ0n) is 20.9. The second-order valence-corrected chi connectivity index (χ2v) is 10.8. The summed E-state index contributed by atoms with van der Waals surface area (Å²) in [6.07, 6.45) is 0. The number of nitrogens with zero attached hydrogens (tertiary/aromatic N) is 3. The van der Waals surface area contributed by atoms with Crippen molar-refractivity contribution in [3.8, 4) is 16.9 Å². The third kappa shape index (κ3) is 5.19. The highest BCUT2D eigenvalue weighted by Gasteiger charge is 2.38. The van der Waals surface area contributed by atoms with E-state index in [4.69, 9.17) is 16.7 Å². The van der Waals surface area contributed by atoms with Gasteiger partial charge in [0.2, 0.25) is 11.8 Å². The lowest BCUT2D eigenvalue weighted by atomic mass is 9.99. The van der Waals surface area contributed by atoms with Crippen LogP contribution in [0.4, 0.5) is 10.2 Å². The molecule has 9 heteroatoms. The molecule has 0 bridgehead atoms. The minimum Gasteiger partial charge on any atom is -0.352 e. The van der Waals surface area contributed by atoms with Crippen LogP contribution in [0.3, 0.4) is 0 Å². The molecule has 1 atom stereocenters. The van der Waals surface area contributed by atoms with Gasteiger partial charge in [-0.2, -0.15) is 5.10 Å². The Labute approximate surface area is 229 Å². The van der Waals surface area contributed by atoms with Crippen LogP contribution in [-0.4, -0.2) is 39.9 Å². The normalized spacial score (nSPS) is 15.3. The number of thioether (sulfide) groups is 1. The fourth-order valence-electron chi connectivity index (χ4n) is 4.54. The maximum atomic E-state index is 13.9. The lowest BCUT2D eigenvalue weighted by Gasteiger charge is -2.24. The summed E-state index contributed by atoms with van der Waals surface area (Å²) in [5.74, 6) is -0.295. The van der Waals surface area contributed by atoms with E-state index >= 15 is 0 Å². The number of aromatic nitrogens is 2. The first-order chi connectivity index (χ1) is 18.3. The van der Waals surface area contributed by atoms with E-state index in [0.717, 1.165) is 16.7 Å². The zero-order valence-corrected chi connectivity index (χ0v) is 22.5. The number of carbonyl (C=O) groups is 2. The number of carbonyl (C=O) groups excluding carboxylic acids is 2. The van der Waals surface area contributed by atoms with Crippen LogP contribution in [0.15, 0.2) is 78.9 Å². The number of benzene rings is 3. The zero-order chi connectivity index (χ0) is 26.8. The van der Waals surface area contributed by atoms with Gasteiger partial charge in [-0.3, -0.25) is 14.5 Å². The van der Waals surface area contributed by atoms with Crippen molar-refractivity contribution in [1.82, 2.24) is 15.1 Å². The predicted molar refractivity (Wildman–Crippen MR) is 150 cm³/mol. The van der Waals surface area contributed by atoms with Crippen molar-refractivity contribution in [1.29, 1.82) is 0 Å². The molecule has 4 aromatic rings. The van der Waals surface area contributed by atoms with Gasteiger partial charge in [0.15, 0.2) is 0 Å². The summed E-state index contributed by atoms with van der Waals surface area (Å²) < 4.78 is 15.5. The van der Waals surface area contributed by atoms with Gasteiger partial charge in [-0.05, 0) is 49.7 Å². The highest BCUT2D eigenvalue weighted by atomic mass is 35.5. The first kappa shape index (κ1) is 26.0. The molecule has 0 radical (unpaired) electrons. The fourth-order valence-corrected chi connectivity index (χ4v) is 6.08. The van der Waals surface area contributed by atoms with E-state index in [-0.39, 0.29) is 41.2 Å². The van der Waals surface area contributed by atoms with Crippen LogP contribution in [0.2, 0.25) is 5.02 Å². The van der Waals surface area contributed by atoms with Crippen LogP contribution in [0.1, 0.15) is 30.2 Å². The van der Waals surface area contributed by atoms with Gasteiger partial charge in [-0.15, -0.1) is 11.8 Å². The van der Waals surface area contributed by atoms with Crippen LogP contribution < -0.4 is 10.2 Å². The van der Waals surface area contributed by atoms with Crippen molar-refractivity contribution in [3.63, 3.8) is 0 Å². The van der Waals surface area contributed by atoms with Crippen molar-refractivity contribution >= 4 is 41.0 Å². The highest BCUT2D eigenvalue weighted by molar-refractivity contribution is 8.00. The van der Waals surface area contributed by atoms with Gasteiger partial charge >= 0.3 is 0 Å². The van der Waals surface area contributed by atoms with E-state index in [1.165, 1.54) is 28.8 Å². The molecular formula is C29H26ClFN4O2S. The van der Waals surface area contributed by atoms with Crippen LogP contribution >= 0.6 is 23.4 Å². The molecule has 2 heterocycles. The Hall–Kier alpha value is -3.62. The van der Waals surface area contributed by atoms with Gasteiger partial charge in [-0.25, -0.2) is 9.07 Å². The molecule has 1 N–H and O–H groups in total. The number of amides is 2. The summed E-state index contributed by atoms with van der Waals surface area (Å²) in [5, 5.41) is 8.08. The van der Waals surface area contributed by atoms with E-state index in [1.807, 2.05) is 68.4 Å². The molecular weight excluding hydrogens is 523 g/mol. The molecule has 0 unspecified atom stereocenters. The van der Waals surface area contributed by atoms with Crippen molar-refractivity contribution in [2.45, 2.75) is 25.1 Å². The summed E-state index contributed by atoms with van der Waals surface area (Å²) >= 11 is 8.13. The molecule has 0 saturated heterocycles. The van der Waals surface area contributed by atoms with Crippen LogP contribution in [-0.2, 0) is 9.59 Å². The van der Waals surface area contributed by atoms with E-state index in [9.17, 15) is 14.0 Å². The number of nitrogens with one attached hydrogen (secondary N) is 1. The van der Waals surface area contributed by atoms with E-state index in [0.29, 0.717) is 22.2 Å². The monoisotopic (exact) mass is 548 g/mol. The van der Waals surface area contributed by atoms with Gasteiger partial charge in [-0.1, -0.05) is 60.1 Å². The molecule has 194 valence electrons. The lowest BCUT2D eigenvalue weighted by Crippen LogP contribution is -2.44. The third-order valence-electron chi connectivity index (χ3n) is 6.15. The summed E-state index contributed by atoms with van der Waals surface area (Å²) in [5.41, 5.74) is 3.69. The molecule has 0 fully saturated rings. The van der Waals surface area contributed by atoms with Crippen molar-refractivity contribution in [2.75, 3.05) is 17.2 Å². The lowest BCUT2D eigenvalue weighted by molar-refractivity contribution is -0.123. The van der Waals surface area contributed by atoms with E-state index in [2.05, 4.69) is 5.32 Å². The van der Waals surface area contributed by atoms with Crippen LogP contribution in [0.5, 0.6) is 0 Å². The van der Waals surface area contributed by atoms with E-state index in [1.54, 1.807) is 16.8 Å². The molecule has 0 saturated carbocycles. The Morgan fingerprint density at radius 3 is 2.45 bits per heavy atom. The van der Waals surface area contributed by atoms with Gasteiger partial charge in [0.25, 0.3) is 0 Å². The van der Waals surface area contributed by atoms with Crippen LogP contribution in [0.25, 0.3) is 16.9 Å². The van der Waals surface area contributed by atoms with E-state index < -0.39 is 0 Å². The molecule has 38 heavy (non-hydrogen) atoms. The Balaban J connectivity index is 1.81. The molecule has 1 aliphatic heterocycles. The van der Waals surface area contributed by atoms with Gasteiger partial charge in [0.05, 0.1) is 22.4 Å². The van der Waals surface area contributed by atoms with Crippen LogP contribution in [0, 0.1) is 5.82 Å². The molecule has 2 amide bonds. The number of hydrogen-bond acceptors (Lipinski definition) is 4. The number of hydrogen-bond donors (Lipinski definition) is 1. The predicted octanol–water partition coefficient (Wildman–Crippen LogP) is 6.03. The molecule has 6 nitrogen and oxygen atoms in total. The third-order valence-corrected chi connectivity index (χ3v) is 7.73. The van der Waals surface area contributed by atoms with Crippen molar-refractivity contribution < 1.29 is 14.0 Å². The average molecular weight is 549 g/mol. The molecule has 0 aliphatic carbocycles. The number of fused-ring (bicyclic) bond motifs is 1. The van der Waals surface area contributed by atoms with Gasteiger partial charge < -0.3 is 5.32 Å². The largest absolute Gasteiger partial charge is 0.352 e. The first-order valence-corrected chi connectivity index (χ1v) is 13.7. The minimum absolute atomic E-state index is 0.0869. The topological polar surface area (TPSA) is 67.2 Å². The number of halogens is 2. The smallest absolute Gasteiger partial charge is 0.240 e. The summed E-state index contributed by atoms with van der Waals surface area (Å²) in [7, 11) is 0. The fraction of sp³-hybridized carbons (Fsp3) is 0.207. The van der Waals surface area contributed by atoms with Crippen molar-refractivity contribution in [3.05, 3.63) is 101 Å². The summed E-state index contributed by atoms with van der Waals surface area (Å²) in [4.78, 5) is 28.1. The molecule has 5 rings (SSSR count). The van der Waals surface area contributed by atoms with Gasteiger partial charge in [0.1, 0.15) is 18.2 Å². The quantitative estimate of drug-likeness (QED) is 0.320. The second-order valence-electron chi connectivity index (χ2n) is 9.25. The molecule has 3 aromatic carbocycles. The Morgan fingerprint density at radius 1 is 1.08 bits per heavy atom. The molecule has 1 aromatic heterocycles. The van der Waals surface area contributed by atoms with Gasteiger partial charge in [0, 0.05) is 22.2 Å². The number of rotatable bonds is 6. The summed E-state index contributed by atoms with van der Waals surface area (Å²) in [6.45, 7) is 3.56. The molecule has 1 aliphatic rings.